The van der Waals surface area contributed by atoms with Crippen LogP contribution in [0.4, 0.5) is 0 Å². The fraction of sp³-hybridized carbons (Fsp3) is 0.855. The van der Waals surface area contributed by atoms with E-state index in [1.165, 1.54) is 263 Å². The number of allylic oxidation sites excluding steroid dienone is 10. The van der Waals surface area contributed by atoms with Crippen molar-refractivity contribution in [3.8, 4) is 0 Å². The molecule has 1 aliphatic rings. The largest absolute Gasteiger partial charge is 0.394 e. The second kappa shape index (κ2) is 64.9. The van der Waals surface area contributed by atoms with Gasteiger partial charge in [0.15, 0.2) is 6.29 Å². The van der Waals surface area contributed by atoms with Crippen LogP contribution in [-0.4, -0.2) is 87.5 Å². The van der Waals surface area contributed by atoms with Crippen molar-refractivity contribution in [3.63, 3.8) is 0 Å². The number of hydrogen-bond acceptors (Lipinski definition) is 8. The van der Waals surface area contributed by atoms with E-state index in [-0.39, 0.29) is 12.5 Å². The lowest BCUT2D eigenvalue weighted by Crippen LogP contribution is -2.60. The number of ether oxygens (including phenoxy) is 2. The molecule has 0 saturated carbocycles. The zero-order valence-corrected chi connectivity index (χ0v) is 55.9. The molecule has 9 heteroatoms. The predicted molar refractivity (Wildman–Crippen MR) is 364 cm³/mol. The van der Waals surface area contributed by atoms with E-state index in [2.05, 4.69) is 79.9 Å². The number of nitrogens with one attached hydrogen (secondary N) is 1. The maximum Gasteiger partial charge on any atom is 0.220 e. The van der Waals surface area contributed by atoms with Crippen LogP contribution in [0.2, 0.25) is 0 Å². The average Bonchev–Trinajstić information content (AvgIpc) is 3.54. The van der Waals surface area contributed by atoms with Crippen LogP contribution in [0.25, 0.3) is 0 Å². The van der Waals surface area contributed by atoms with Gasteiger partial charge in [0.2, 0.25) is 5.91 Å². The van der Waals surface area contributed by atoms with E-state index in [0.29, 0.717) is 12.8 Å². The van der Waals surface area contributed by atoms with Crippen molar-refractivity contribution in [1.82, 2.24) is 5.32 Å². The third-order valence-electron chi connectivity index (χ3n) is 17.6. The minimum atomic E-state index is -1.56. The monoisotopic (exact) mass is 1200 g/mol. The first-order chi connectivity index (χ1) is 41.8. The Kier molecular flexibility index (Phi) is 61.7. The number of aliphatic hydroxyl groups excluding tert-OH is 5. The Bertz CT molecular complexity index is 1530. The lowest BCUT2D eigenvalue weighted by molar-refractivity contribution is -0.302. The molecule has 1 heterocycles. The molecule has 7 unspecified atom stereocenters. The maximum absolute atomic E-state index is 13.2. The highest BCUT2D eigenvalue weighted by molar-refractivity contribution is 5.76. The van der Waals surface area contributed by atoms with Gasteiger partial charge in [-0.3, -0.25) is 4.79 Å². The van der Waals surface area contributed by atoms with Crippen LogP contribution in [0.5, 0.6) is 0 Å². The summed E-state index contributed by atoms with van der Waals surface area (Å²) >= 11 is 0. The fourth-order valence-corrected chi connectivity index (χ4v) is 11.9. The molecule has 9 nitrogen and oxygen atoms in total. The molecule has 0 radical (unpaired) electrons. The number of rotatable bonds is 65. The summed E-state index contributed by atoms with van der Waals surface area (Å²) in [5, 5.41) is 55.0. The fourth-order valence-electron chi connectivity index (χ4n) is 11.9. The first-order valence-electron chi connectivity index (χ1n) is 37.0. The van der Waals surface area contributed by atoms with E-state index in [4.69, 9.17) is 9.47 Å². The Morgan fingerprint density at radius 1 is 0.412 bits per heavy atom. The molecule has 6 N–H and O–H groups in total. The van der Waals surface area contributed by atoms with Gasteiger partial charge in [-0.1, -0.05) is 357 Å². The van der Waals surface area contributed by atoms with Gasteiger partial charge in [0.1, 0.15) is 24.4 Å². The number of carbonyl (C=O) groups is 1. The molecule has 85 heavy (non-hydrogen) atoms. The van der Waals surface area contributed by atoms with Crippen molar-refractivity contribution >= 4 is 5.91 Å². The van der Waals surface area contributed by atoms with E-state index >= 15 is 0 Å². The molecular formula is C76H141NO8. The van der Waals surface area contributed by atoms with Crippen molar-refractivity contribution in [2.75, 3.05) is 13.2 Å². The molecule has 1 fully saturated rings. The molecule has 1 aliphatic heterocycles. The SMILES string of the molecule is CC/C=C\C/C=C\C/C=C\C/C=C\C/C=C\CCCCCCCCCCCCCCCCCC(=O)NC(COC1OC(CO)C(O)C(O)C1O)C(O)CCCCCCCCCCCCCCCCCCCCCCCCCCCCCCCCC. The van der Waals surface area contributed by atoms with E-state index < -0.39 is 49.5 Å². The van der Waals surface area contributed by atoms with Gasteiger partial charge in [0.05, 0.1) is 25.4 Å². The van der Waals surface area contributed by atoms with Gasteiger partial charge in [-0.05, 0) is 57.8 Å². The second-order valence-electron chi connectivity index (χ2n) is 25.7. The highest BCUT2D eigenvalue weighted by atomic mass is 16.7. The van der Waals surface area contributed by atoms with E-state index in [1.54, 1.807) is 0 Å². The van der Waals surface area contributed by atoms with Crippen molar-refractivity contribution in [2.45, 2.75) is 403 Å². The highest BCUT2D eigenvalue weighted by Gasteiger charge is 2.44. The van der Waals surface area contributed by atoms with Crippen molar-refractivity contribution in [2.24, 2.45) is 0 Å². The Balaban J connectivity index is 2.09. The Labute approximate surface area is 526 Å². The Morgan fingerprint density at radius 3 is 1.08 bits per heavy atom. The van der Waals surface area contributed by atoms with E-state index in [9.17, 15) is 30.3 Å². The first-order valence-corrected chi connectivity index (χ1v) is 37.0. The van der Waals surface area contributed by atoms with Crippen molar-refractivity contribution < 1.29 is 39.8 Å². The normalized spacial score (nSPS) is 18.4. The van der Waals surface area contributed by atoms with Crippen LogP contribution < -0.4 is 5.32 Å². The number of unbranched alkanes of at least 4 members (excludes halogenated alkanes) is 45. The molecule has 0 spiro atoms. The number of hydrogen-bond donors (Lipinski definition) is 6. The molecule has 0 aromatic carbocycles. The molecular weight excluding hydrogens is 1050 g/mol. The van der Waals surface area contributed by atoms with Gasteiger partial charge in [-0.25, -0.2) is 0 Å². The van der Waals surface area contributed by atoms with Crippen molar-refractivity contribution in [3.05, 3.63) is 60.8 Å². The zero-order valence-electron chi connectivity index (χ0n) is 55.9. The molecule has 1 rings (SSSR count). The highest BCUT2D eigenvalue weighted by Crippen LogP contribution is 2.24. The smallest absolute Gasteiger partial charge is 0.220 e. The van der Waals surface area contributed by atoms with Gasteiger partial charge in [-0.2, -0.15) is 0 Å². The summed E-state index contributed by atoms with van der Waals surface area (Å²) in [5.74, 6) is -0.140. The second-order valence-corrected chi connectivity index (χ2v) is 25.7. The predicted octanol–water partition coefficient (Wildman–Crippen LogP) is 20.5. The van der Waals surface area contributed by atoms with Gasteiger partial charge in [0, 0.05) is 6.42 Å². The van der Waals surface area contributed by atoms with Crippen LogP contribution in [0.3, 0.4) is 0 Å². The quantitative estimate of drug-likeness (QED) is 0.0261. The van der Waals surface area contributed by atoms with E-state index in [1.807, 2.05) is 0 Å². The van der Waals surface area contributed by atoms with Crippen LogP contribution in [-0.2, 0) is 14.3 Å². The van der Waals surface area contributed by atoms with E-state index in [0.717, 1.165) is 70.6 Å². The molecule has 1 amide bonds. The molecule has 0 aromatic rings. The lowest BCUT2D eigenvalue weighted by atomic mass is 9.99. The van der Waals surface area contributed by atoms with Crippen molar-refractivity contribution in [1.29, 1.82) is 0 Å². The topological polar surface area (TPSA) is 149 Å². The number of aliphatic hydroxyl groups is 5. The van der Waals surface area contributed by atoms with Crippen LogP contribution in [0.15, 0.2) is 60.8 Å². The maximum atomic E-state index is 13.2. The van der Waals surface area contributed by atoms with Gasteiger partial charge < -0.3 is 40.3 Å². The number of carbonyl (C=O) groups excluding carboxylic acids is 1. The molecule has 0 aliphatic carbocycles. The molecule has 1 saturated heterocycles. The van der Waals surface area contributed by atoms with Gasteiger partial charge in [0.25, 0.3) is 0 Å². The summed E-state index contributed by atoms with van der Waals surface area (Å²) in [6.45, 7) is 3.77. The summed E-state index contributed by atoms with van der Waals surface area (Å²) in [5.41, 5.74) is 0. The summed E-state index contributed by atoms with van der Waals surface area (Å²) in [6.07, 6.45) is 83.0. The lowest BCUT2D eigenvalue weighted by Gasteiger charge is -2.40. The molecule has 0 aromatic heterocycles. The molecule has 498 valence electrons. The molecule has 0 bridgehead atoms. The average molecular weight is 1200 g/mol. The third kappa shape index (κ3) is 53.4. The summed E-state index contributed by atoms with van der Waals surface area (Å²) in [6, 6.07) is -0.723. The van der Waals surface area contributed by atoms with Crippen LogP contribution in [0, 0.1) is 0 Å². The van der Waals surface area contributed by atoms with Crippen LogP contribution >= 0.6 is 0 Å². The Morgan fingerprint density at radius 2 is 0.729 bits per heavy atom. The first kappa shape index (κ1) is 80.9. The van der Waals surface area contributed by atoms with Gasteiger partial charge >= 0.3 is 0 Å². The standard InChI is InChI=1S/C76H141NO8/c1-3-5-7-9-11-13-15-17-19-21-23-25-27-29-31-33-35-37-39-41-43-45-47-49-51-53-55-57-59-61-63-65-70(79)69(68-84-76-75(83)74(82)73(81)71(67-78)85-76)77-72(80)66-64-62-60-58-56-54-52-50-48-46-44-42-40-38-36-34-32-30-28-26-24-22-20-18-16-14-12-10-8-6-4-2/h6,8,12,14,18,20,24,26,30,32,69-71,73-76,78-79,81-83H,3-5,7,9-11,13,15-17,19,21-23,25,27-29,31,33-68H2,1-2H3,(H,77,80)/b8-6-,14-12-,20-18-,26-24-,32-30-. The third-order valence-corrected chi connectivity index (χ3v) is 17.6. The number of amides is 1. The molecule has 7 atom stereocenters. The summed E-state index contributed by atoms with van der Waals surface area (Å²) in [4.78, 5) is 13.2. The van der Waals surface area contributed by atoms with Gasteiger partial charge in [-0.15, -0.1) is 0 Å². The van der Waals surface area contributed by atoms with Crippen LogP contribution in [0.1, 0.15) is 361 Å². The Hall–Kier alpha value is -2.11. The minimum absolute atomic E-state index is 0.137. The zero-order chi connectivity index (χ0) is 61.4. The summed E-state index contributed by atoms with van der Waals surface area (Å²) in [7, 11) is 0. The summed E-state index contributed by atoms with van der Waals surface area (Å²) < 4.78 is 11.4. The minimum Gasteiger partial charge on any atom is -0.394 e.